The van der Waals surface area contributed by atoms with Crippen molar-refractivity contribution >= 4 is 6.08 Å². The highest BCUT2D eigenvalue weighted by Gasteiger charge is 1.94. The topological polar surface area (TPSA) is 49.7 Å². The lowest BCUT2D eigenvalue weighted by atomic mass is 10.2. The van der Waals surface area contributed by atoms with Crippen LogP contribution in [0.5, 0.6) is 0 Å². The van der Waals surface area contributed by atoms with Crippen molar-refractivity contribution in [2.75, 3.05) is 6.79 Å². The van der Waals surface area contributed by atoms with Crippen LogP contribution in [-0.4, -0.2) is 23.3 Å². The molecule has 0 aromatic heterocycles. The molecule has 1 atom stereocenters. The van der Waals surface area contributed by atoms with Gasteiger partial charge in [-0.15, -0.1) is 0 Å². The molecule has 0 radical (unpaired) electrons. The van der Waals surface area contributed by atoms with Crippen molar-refractivity contribution in [1.82, 2.24) is 0 Å². The predicted octanol–water partition coefficient (Wildman–Crippen LogP) is 0.985. The van der Waals surface area contributed by atoms with E-state index in [-0.39, 0.29) is 0 Å². The molecule has 0 saturated carbocycles. The number of aliphatic hydroxyl groups is 2. The van der Waals surface area contributed by atoms with Crippen LogP contribution in [0.2, 0.25) is 0 Å². The zero-order chi connectivity index (χ0) is 9.52. The molecule has 0 aliphatic rings. The summed E-state index contributed by atoms with van der Waals surface area (Å²) in [5.41, 5.74) is 0.975. The lowest BCUT2D eigenvalue weighted by molar-refractivity contribution is -0.123. The van der Waals surface area contributed by atoms with E-state index in [2.05, 4.69) is 4.74 Å². The van der Waals surface area contributed by atoms with Gasteiger partial charge in [-0.3, -0.25) is 0 Å². The fourth-order valence-corrected chi connectivity index (χ4v) is 0.890. The smallest absolute Gasteiger partial charge is 0.177 e. The van der Waals surface area contributed by atoms with Gasteiger partial charge in [-0.05, 0) is 11.6 Å². The fraction of sp³-hybridized carbons (Fsp3) is 0.200. The normalized spacial score (nSPS) is 13.4. The molecule has 13 heavy (non-hydrogen) atoms. The van der Waals surface area contributed by atoms with Gasteiger partial charge in [-0.25, -0.2) is 0 Å². The highest BCUT2D eigenvalue weighted by molar-refractivity contribution is 5.48. The quantitative estimate of drug-likeness (QED) is 0.679. The van der Waals surface area contributed by atoms with Gasteiger partial charge in [-0.2, -0.15) is 0 Å². The number of benzene rings is 1. The second-order valence-electron chi connectivity index (χ2n) is 2.46. The Morgan fingerprint density at radius 1 is 1.31 bits per heavy atom. The van der Waals surface area contributed by atoms with Gasteiger partial charge in [0, 0.05) is 0 Å². The second kappa shape index (κ2) is 5.48. The highest BCUT2D eigenvalue weighted by atomic mass is 16.7. The maximum atomic E-state index is 9.04. The van der Waals surface area contributed by atoms with Crippen LogP contribution in [0.4, 0.5) is 0 Å². The Labute approximate surface area is 76.9 Å². The summed E-state index contributed by atoms with van der Waals surface area (Å²) in [5.74, 6) is 0. The summed E-state index contributed by atoms with van der Waals surface area (Å²) in [6, 6.07) is 9.53. The summed E-state index contributed by atoms with van der Waals surface area (Å²) in [6.07, 6.45) is 2.14. The molecule has 1 unspecified atom stereocenters. The first-order chi connectivity index (χ1) is 6.33. The number of aliphatic hydroxyl groups excluding tert-OH is 2. The third-order valence-corrected chi connectivity index (χ3v) is 1.50. The van der Waals surface area contributed by atoms with Gasteiger partial charge in [0.25, 0.3) is 0 Å². The average molecular weight is 180 g/mol. The minimum Gasteiger partial charge on any atom is -0.371 e. The van der Waals surface area contributed by atoms with Crippen molar-refractivity contribution in [3.63, 3.8) is 0 Å². The monoisotopic (exact) mass is 180 g/mol. The maximum absolute atomic E-state index is 9.04. The summed E-state index contributed by atoms with van der Waals surface area (Å²) < 4.78 is 4.49. The molecule has 3 nitrogen and oxygen atoms in total. The van der Waals surface area contributed by atoms with Crippen LogP contribution in [0.3, 0.4) is 0 Å². The molecular weight excluding hydrogens is 168 g/mol. The molecule has 3 heteroatoms. The van der Waals surface area contributed by atoms with E-state index < -0.39 is 13.1 Å². The van der Waals surface area contributed by atoms with Crippen LogP contribution in [0.25, 0.3) is 6.08 Å². The van der Waals surface area contributed by atoms with Gasteiger partial charge >= 0.3 is 0 Å². The van der Waals surface area contributed by atoms with E-state index in [0.29, 0.717) is 0 Å². The van der Waals surface area contributed by atoms with E-state index >= 15 is 0 Å². The van der Waals surface area contributed by atoms with E-state index in [1.54, 1.807) is 6.08 Å². The van der Waals surface area contributed by atoms with Gasteiger partial charge in [0.05, 0.1) is 0 Å². The molecule has 0 amide bonds. The molecule has 0 heterocycles. The Morgan fingerprint density at radius 2 is 2.00 bits per heavy atom. The van der Waals surface area contributed by atoms with Gasteiger partial charge in [0.15, 0.2) is 6.29 Å². The van der Waals surface area contributed by atoms with Crippen LogP contribution >= 0.6 is 0 Å². The molecular formula is C10H12O3. The molecule has 0 aliphatic heterocycles. The Kier molecular flexibility index (Phi) is 4.18. The zero-order valence-corrected chi connectivity index (χ0v) is 7.13. The van der Waals surface area contributed by atoms with E-state index in [9.17, 15) is 0 Å². The summed E-state index contributed by atoms with van der Waals surface area (Å²) >= 11 is 0. The van der Waals surface area contributed by atoms with E-state index in [1.165, 1.54) is 6.08 Å². The van der Waals surface area contributed by atoms with Crippen LogP contribution in [0.1, 0.15) is 5.56 Å². The van der Waals surface area contributed by atoms with Crippen molar-refractivity contribution in [3.05, 3.63) is 42.0 Å². The maximum Gasteiger partial charge on any atom is 0.177 e. The van der Waals surface area contributed by atoms with Gasteiger partial charge in [0.1, 0.15) is 6.79 Å². The number of hydrogen-bond acceptors (Lipinski definition) is 3. The van der Waals surface area contributed by atoms with Gasteiger partial charge in [-0.1, -0.05) is 36.4 Å². The lowest BCUT2D eigenvalue weighted by Crippen LogP contribution is -2.08. The molecule has 0 fully saturated rings. The summed E-state index contributed by atoms with van der Waals surface area (Å²) in [5, 5.41) is 17.4. The first kappa shape index (κ1) is 9.92. The van der Waals surface area contributed by atoms with Crippen molar-refractivity contribution in [1.29, 1.82) is 0 Å². The zero-order valence-electron chi connectivity index (χ0n) is 7.13. The van der Waals surface area contributed by atoms with E-state index in [0.717, 1.165) is 5.56 Å². The van der Waals surface area contributed by atoms with Crippen molar-refractivity contribution in [2.24, 2.45) is 0 Å². The third-order valence-electron chi connectivity index (χ3n) is 1.50. The fourth-order valence-electron chi connectivity index (χ4n) is 0.890. The van der Waals surface area contributed by atoms with Gasteiger partial charge < -0.3 is 14.9 Å². The van der Waals surface area contributed by atoms with Crippen LogP contribution in [-0.2, 0) is 4.74 Å². The second-order valence-corrected chi connectivity index (χ2v) is 2.46. The molecule has 2 N–H and O–H groups in total. The minimum absolute atomic E-state index is 0.486. The first-order valence-electron chi connectivity index (χ1n) is 3.96. The number of rotatable bonds is 4. The molecule has 0 aliphatic carbocycles. The molecule has 1 aromatic carbocycles. The lowest BCUT2D eigenvalue weighted by Gasteiger charge is -2.02. The standard InChI is InChI=1S/C10H12O3/c11-8-13-10(12)7-6-9-4-2-1-3-5-9/h1-7,10-12H,8H2. The largest absolute Gasteiger partial charge is 0.371 e. The minimum atomic E-state index is -1.05. The first-order valence-corrected chi connectivity index (χ1v) is 3.96. The summed E-state index contributed by atoms with van der Waals surface area (Å²) in [7, 11) is 0. The van der Waals surface area contributed by atoms with Gasteiger partial charge in [0.2, 0.25) is 0 Å². The Bertz CT molecular complexity index is 256. The Morgan fingerprint density at radius 3 is 2.62 bits per heavy atom. The van der Waals surface area contributed by atoms with Crippen molar-refractivity contribution in [3.8, 4) is 0 Å². The van der Waals surface area contributed by atoms with Crippen molar-refractivity contribution in [2.45, 2.75) is 6.29 Å². The number of hydrogen-bond donors (Lipinski definition) is 2. The van der Waals surface area contributed by atoms with E-state index in [4.69, 9.17) is 10.2 Å². The highest BCUT2D eigenvalue weighted by Crippen LogP contribution is 2.02. The van der Waals surface area contributed by atoms with Crippen LogP contribution in [0.15, 0.2) is 36.4 Å². The molecule has 0 saturated heterocycles. The van der Waals surface area contributed by atoms with Crippen LogP contribution in [0, 0.1) is 0 Å². The average Bonchev–Trinajstić information content (AvgIpc) is 2.17. The molecule has 0 spiro atoms. The summed E-state index contributed by atoms with van der Waals surface area (Å²) in [6.45, 7) is -0.486. The summed E-state index contributed by atoms with van der Waals surface area (Å²) in [4.78, 5) is 0. The molecule has 1 aromatic rings. The van der Waals surface area contributed by atoms with Crippen molar-refractivity contribution < 1.29 is 14.9 Å². The van der Waals surface area contributed by atoms with Crippen LogP contribution < -0.4 is 0 Å². The Balaban J connectivity index is 2.49. The predicted molar refractivity (Wildman–Crippen MR) is 49.7 cm³/mol. The van der Waals surface area contributed by atoms with E-state index in [1.807, 2.05) is 30.3 Å². The number of ether oxygens (including phenoxy) is 1. The SMILES string of the molecule is OCOC(O)C=Cc1ccccc1. The Hall–Kier alpha value is -1.16. The molecule has 1 rings (SSSR count). The third kappa shape index (κ3) is 3.85. The molecule has 0 bridgehead atoms. The molecule has 70 valence electrons.